The Bertz CT molecular complexity index is 2770. The van der Waals surface area contributed by atoms with E-state index in [1.165, 1.54) is 60.1 Å². The number of para-hydroxylation sites is 1. The fourth-order valence-electron chi connectivity index (χ4n) is 8.36. The Labute approximate surface area is 285 Å². The van der Waals surface area contributed by atoms with Crippen LogP contribution in [-0.2, 0) is 5.41 Å². The van der Waals surface area contributed by atoms with Crippen molar-refractivity contribution < 1.29 is 0 Å². The molecule has 0 radical (unpaired) electrons. The van der Waals surface area contributed by atoms with Gasteiger partial charge in [0.2, 0.25) is 0 Å². The molecule has 0 bridgehead atoms. The second-order valence-electron chi connectivity index (χ2n) is 13.7. The van der Waals surface area contributed by atoms with E-state index in [-0.39, 0.29) is 5.41 Å². The first-order chi connectivity index (χ1) is 24.1. The minimum atomic E-state index is -0.0898. The average molecular weight is 625 g/mol. The van der Waals surface area contributed by atoms with Crippen molar-refractivity contribution in [3.05, 3.63) is 169 Å². The first kappa shape index (κ1) is 27.9. The van der Waals surface area contributed by atoms with Gasteiger partial charge in [-0.1, -0.05) is 153 Å². The molecule has 0 fully saturated rings. The zero-order valence-corrected chi connectivity index (χ0v) is 27.4. The third kappa shape index (κ3) is 4.14. The van der Waals surface area contributed by atoms with E-state index >= 15 is 0 Å². The summed E-state index contributed by atoms with van der Waals surface area (Å²) in [5, 5.41) is 8.90. The lowest BCUT2D eigenvalue weighted by Crippen LogP contribution is -2.15. The number of nitrogens with zero attached hydrogens (tertiary/aromatic N) is 2. The van der Waals surface area contributed by atoms with Crippen molar-refractivity contribution in [2.24, 2.45) is 0 Å². The predicted octanol–water partition coefficient (Wildman–Crippen LogP) is 12.4. The fraction of sp³-hybridized carbons (Fsp3) is 0.0638. The van der Waals surface area contributed by atoms with E-state index in [1.54, 1.807) is 0 Å². The molecule has 49 heavy (non-hydrogen) atoms. The average Bonchev–Trinajstić information content (AvgIpc) is 3.40. The van der Waals surface area contributed by atoms with Crippen LogP contribution in [0.25, 0.3) is 88.1 Å². The van der Waals surface area contributed by atoms with Crippen molar-refractivity contribution in [3.8, 4) is 44.9 Å². The van der Waals surface area contributed by atoms with Crippen molar-refractivity contribution in [3.63, 3.8) is 0 Å². The Morgan fingerprint density at radius 3 is 1.92 bits per heavy atom. The highest BCUT2D eigenvalue weighted by molar-refractivity contribution is 6.28. The van der Waals surface area contributed by atoms with E-state index in [4.69, 9.17) is 9.97 Å². The number of fused-ring (bicyclic) bond motifs is 11. The van der Waals surface area contributed by atoms with Gasteiger partial charge in [0.25, 0.3) is 0 Å². The molecule has 0 saturated heterocycles. The second-order valence-corrected chi connectivity index (χ2v) is 13.7. The lowest BCUT2D eigenvalue weighted by molar-refractivity contribution is 0.666. The standard InChI is InChI=1S/C47H32N2/c1-47(2)41-21-10-8-18-35(41)38-26-25-37-34-24-23-31(28-40(34)33-17-6-7-19-36(33)43(37)44(38)47)30-15-12-16-32(27-30)46-48-42-22-11-9-20-39(42)45(49-46)29-13-4-3-5-14-29/h3-28H,1-2H3. The predicted molar refractivity (Wildman–Crippen MR) is 206 cm³/mol. The Morgan fingerprint density at radius 2 is 1.04 bits per heavy atom. The summed E-state index contributed by atoms with van der Waals surface area (Å²) >= 11 is 0. The Kier molecular flexibility index (Phi) is 5.95. The smallest absolute Gasteiger partial charge is 0.160 e. The molecular weight excluding hydrogens is 593 g/mol. The first-order valence-corrected chi connectivity index (χ1v) is 17.0. The quantitative estimate of drug-likeness (QED) is 0.183. The van der Waals surface area contributed by atoms with Crippen LogP contribution in [0.2, 0.25) is 0 Å². The minimum absolute atomic E-state index is 0.0898. The van der Waals surface area contributed by atoms with Crippen LogP contribution in [0, 0.1) is 0 Å². The van der Waals surface area contributed by atoms with Gasteiger partial charge in [0.15, 0.2) is 5.82 Å². The molecule has 9 aromatic rings. The molecule has 0 amide bonds. The number of hydrogen-bond donors (Lipinski definition) is 0. The molecule has 0 N–H and O–H groups in total. The van der Waals surface area contributed by atoms with Gasteiger partial charge < -0.3 is 0 Å². The number of benzene rings is 8. The maximum absolute atomic E-state index is 5.15. The summed E-state index contributed by atoms with van der Waals surface area (Å²) in [7, 11) is 0. The second kappa shape index (κ2) is 10.4. The maximum atomic E-state index is 5.15. The molecule has 0 atom stereocenters. The van der Waals surface area contributed by atoms with Crippen LogP contribution in [0.1, 0.15) is 25.0 Å². The summed E-state index contributed by atoms with van der Waals surface area (Å²) in [4.78, 5) is 10.2. The molecule has 0 unspecified atom stereocenters. The fourth-order valence-corrected chi connectivity index (χ4v) is 8.36. The van der Waals surface area contributed by atoms with Crippen molar-refractivity contribution in [2.45, 2.75) is 19.3 Å². The highest BCUT2D eigenvalue weighted by Crippen LogP contribution is 2.53. The van der Waals surface area contributed by atoms with Gasteiger partial charge >= 0.3 is 0 Å². The van der Waals surface area contributed by atoms with Gasteiger partial charge in [-0.15, -0.1) is 0 Å². The molecule has 10 rings (SSSR count). The summed E-state index contributed by atoms with van der Waals surface area (Å²) in [5.41, 5.74) is 11.8. The Morgan fingerprint density at radius 1 is 0.408 bits per heavy atom. The zero-order valence-electron chi connectivity index (χ0n) is 27.4. The van der Waals surface area contributed by atoms with E-state index < -0.39 is 0 Å². The van der Waals surface area contributed by atoms with Crippen LogP contribution in [0.3, 0.4) is 0 Å². The van der Waals surface area contributed by atoms with Crippen LogP contribution < -0.4 is 0 Å². The van der Waals surface area contributed by atoms with Crippen molar-refractivity contribution in [2.75, 3.05) is 0 Å². The topological polar surface area (TPSA) is 25.8 Å². The van der Waals surface area contributed by atoms with E-state index in [0.717, 1.165) is 39.1 Å². The van der Waals surface area contributed by atoms with E-state index in [2.05, 4.69) is 159 Å². The molecule has 0 saturated carbocycles. The first-order valence-electron chi connectivity index (χ1n) is 17.0. The van der Waals surface area contributed by atoms with Gasteiger partial charge in [-0.05, 0) is 83.9 Å². The van der Waals surface area contributed by atoms with Gasteiger partial charge in [-0.25, -0.2) is 9.97 Å². The Hall–Kier alpha value is -6.12. The highest BCUT2D eigenvalue weighted by atomic mass is 14.9. The normalized spacial score (nSPS) is 13.3. The summed E-state index contributed by atoms with van der Waals surface area (Å²) in [6.45, 7) is 4.77. The third-order valence-corrected chi connectivity index (χ3v) is 10.6. The Balaban J connectivity index is 1.16. The lowest BCUT2D eigenvalue weighted by atomic mass is 9.78. The molecule has 1 heterocycles. The molecule has 2 nitrogen and oxygen atoms in total. The molecular formula is C47H32N2. The summed E-state index contributed by atoms with van der Waals surface area (Å²) in [6.07, 6.45) is 0. The van der Waals surface area contributed by atoms with Crippen LogP contribution in [0.4, 0.5) is 0 Å². The molecule has 2 heteroatoms. The maximum Gasteiger partial charge on any atom is 0.160 e. The number of aromatic nitrogens is 2. The number of rotatable bonds is 3. The molecule has 8 aromatic carbocycles. The molecule has 0 spiro atoms. The van der Waals surface area contributed by atoms with Crippen molar-refractivity contribution in [1.82, 2.24) is 9.97 Å². The largest absolute Gasteiger partial charge is 0.228 e. The van der Waals surface area contributed by atoms with E-state index in [0.29, 0.717) is 0 Å². The van der Waals surface area contributed by atoms with Gasteiger partial charge in [0.1, 0.15) is 0 Å². The zero-order chi connectivity index (χ0) is 32.7. The minimum Gasteiger partial charge on any atom is -0.228 e. The third-order valence-electron chi connectivity index (χ3n) is 10.6. The van der Waals surface area contributed by atoms with Crippen molar-refractivity contribution in [1.29, 1.82) is 0 Å². The van der Waals surface area contributed by atoms with Gasteiger partial charge in [0, 0.05) is 21.9 Å². The van der Waals surface area contributed by atoms with Crippen LogP contribution >= 0.6 is 0 Å². The van der Waals surface area contributed by atoms with Gasteiger partial charge in [-0.3, -0.25) is 0 Å². The lowest BCUT2D eigenvalue weighted by Gasteiger charge is -2.24. The SMILES string of the molecule is CC1(C)c2ccccc2-c2ccc3c4ccc(-c5cccc(-c6nc(-c7ccccc7)c7ccccc7n6)c5)cc4c4ccccc4c3c21. The van der Waals surface area contributed by atoms with Gasteiger partial charge in [-0.2, -0.15) is 0 Å². The highest BCUT2D eigenvalue weighted by Gasteiger charge is 2.37. The summed E-state index contributed by atoms with van der Waals surface area (Å²) < 4.78 is 0. The van der Waals surface area contributed by atoms with E-state index in [9.17, 15) is 0 Å². The molecule has 1 aromatic heterocycles. The summed E-state index contributed by atoms with van der Waals surface area (Å²) in [5.74, 6) is 0.731. The molecule has 230 valence electrons. The molecule has 1 aliphatic carbocycles. The van der Waals surface area contributed by atoms with E-state index in [1.807, 2.05) is 12.1 Å². The van der Waals surface area contributed by atoms with Crippen LogP contribution in [0.5, 0.6) is 0 Å². The molecule has 1 aliphatic rings. The van der Waals surface area contributed by atoms with Crippen LogP contribution in [-0.4, -0.2) is 9.97 Å². The van der Waals surface area contributed by atoms with Gasteiger partial charge in [0.05, 0.1) is 11.2 Å². The monoisotopic (exact) mass is 624 g/mol. The number of hydrogen-bond acceptors (Lipinski definition) is 2. The summed E-state index contributed by atoms with van der Waals surface area (Å²) in [6, 6.07) is 56.9. The van der Waals surface area contributed by atoms with Crippen LogP contribution in [0.15, 0.2) is 158 Å². The van der Waals surface area contributed by atoms with Crippen molar-refractivity contribution >= 4 is 43.2 Å². The molecule has 0 aliphatic heterocycles.